The van der Waals surface area contributed by atoms with Crippen molar-refractivity contribution in [2.75, 3.05) is 26.2 Å². The van der Waals surface area contributed by atoms with Gasteiger partial charge in [-0.15, -0.1) is 0 Å². The third-order valence-corrected chi connectivity index (χ3v) is 5.30. The number of rotatable bonds is 4. The summed E-state index contributed by atoms with van der Waals surface area (Å²) >= 11 is 0. The summed E-state index contributed by atoms with van der Waals surface area (Å²) < 4.78 is 19.5. The predicted molar refractivity (Wildman–Crippen MR) is 95.2 cm³/mol. The van der Waals surface area contributed by atoms with E-state index in [2.05, 4.69) is 21.2 Å². The van der Waals surface area contributed by atoms with Gasteiger partial charge in [-0.2, -0.15) is 0 Å². The summed E-state index contributed by atoms with van der Waals surface area (Å²) in [7, 11) is 0. The Bertz CT molecular complexity index is 656. The standard InChI is InChI=1S/C20H25FN3O/c21-17-8-1-2-9-18(17)25-20-11-4-10-19(22-20)24-13-5-12-23(14-15-24)16-6-3-7-16/h1-2,4,8-9,11,16,20,22H,3,5-7,12-15H2. The lowest BCUT2D eigenvalue weighted by Gasteiger charge is -2.37. The Morgan fingerprint density at radius 3 is 2.76 bits per heavy atom. The second-order valence-electron chi connectivity index (χ2n) is 6.93. The summed E-state index contributed by atoms with van der Waals surface area (Å²) in [5, 5.41) is 3.34. The molecule has 2 fully saturated rings. The van der Waals surface area contributed by atoms with Crippen molar-refractivity contribution in [3.63, 3.8) is 0 Å². The molecule has 25 heavy (non-hydrogen) atoms. The van der Waals surface area contributed by atoms with Crippen LogP contribution in [0.5, 0.6) is 5.75 Å². The first kappa shape index (κ1) is 16.5. The number of nitrogens with zero attached hydrogens (tertiary/aromatic N) is 2. The molecule has 1 atom stereocenters. The Kier molecular flexibility index (Phi) is 4.92. The van der Waals surface area contributed by atoms with Crippen LogP contribution in [0.2, 0.25) is 0 Å². The van der Waals surface area contributed by atoms with Gasteiger partial charge in [0.1, 0.15) is 5.82 Å². The van der Waals surface area contributed by atoms with Crippen molar-refractivity contribution < 1.29 is 9.13 Å². The van der Waals surface area contributed by atoms with Gasteiger partial charge in [-0.25, -0.2) is 4.39 Å². The molecule has 0 amide bonds. The second-order valence-corrected chi connectivity index (χ2v) is 6.93. The van der Waals surface area contributed by atoms with Crippen LogP contribution in [-0.4, -0.2) is 48.2 Å². The Balaban J connectivity index is 1.35. The zero-order chi connectivity index (χ0) is 17.1. The molecule has 0 bridgehead atoms. The number of allylic oxidation sites excluding steroid dienone is 2. The molecule has 1 saturated heterocycles. The molecule has 1 N–H and O–H groups in total. The lowest BCUT2D eigenvalue weighted by Crippen LogP contribution is -2.44. The molecule has 0 aromatic heterocycles. The SMILES string of the molecule is Fc1ccccc1OC1C=C[C]=C(N2CCCN(C3CCC3)CC2)N1. The van der Waals surface area contributed by atoms with Gasteiger partial charge in [0.05, 0.1) is 0 Å². The molecule has 1 aromatic carbocycles. The number of hydrogen-bond acceptors (Lipinski definition) is 4. The zero-order valence-corrected chi connectivity index (χ0v) is 14.5. The molecule has 3 aliphatic rings. The van der Waals surface area contributed by atoms with Gasteiger partial charge in [-0.3, -0.25) is 4.90 Å². The number of nitrogens with one attached hydrogen (secondary N) is 1. The van der Waals surface area contributed by atoms with E-state index in [0.717, 1.165) is 37.9 Å². The highest BCUT2D eigenvalue weighted by Crippen LogP contribution is 2.26. The van der Waals surface area contributed by atoms with Crippen molar-refractivity contribution in [2.45, 2.75) is 38.0 Å². The van der Waals surface area contributed by atoms with E-state index in [1.165, 1.54) is 31.9 Å². The summed E-state index contributed by atoms with van der Waals surface area (Å²) in [6.07, 6.45) is 11.9. The number of ether oxygens (including phenoxy) is 1. The van der Waals surface area contributed by atoms with E-state index in [9.17, 15) is 4.39 Å². The fourth-order valence-corrected chi connectivity index (χ4v) is 3.65. The first-order chi connectivity index (χ1) is 12.3. The minimum atomic E-state index is -0.376. The van der Waals surface area contributed by atoms with Gasteiger partial charge in [0, 0.05) is 38.3 Å². The van der Waals surface area contributed by atoms with E-state index < -0.39 is 0 Å². The highest BCUT2D eigenvalue weighted by molar-refractivity contribution is 5.25. The van der Waals surface area contributed by atoms with Crippen LogP contribution in [0.15, 0.2) is 42.2 Å². The van der Waals surface area contributed by atoms with Crippen molar-refractivity contribution in [3.8, 4) is 5.75 Å². The van der Waals surface area contributed by atoms with Crippen LogP contribution in [-0.2, 0) is 0 Å². The average Bonchev–Trinajstić information content (AvgIpc) is 2.82. The lowest BCUT2D eigenvalue weighted by molar-refractivity contribution is 0.131. The molecule has 4 rings (SSSR count). The first-order valence-electron chi connectivity index (χ1n) is 9.26. The van der Waals surface area contributed by atoms with E-state index >= 15 is 0 Å². The summed E-state index contributed by atoms with van der Waals surface area (Å²) in [6.45, 7) is 4.28. The molecule has 1 unspecified atom stereocenters. The Hall–Kier alpha value is -2.01. The summed E-state index contributed by atoms with van der Waals surface area (Å²) in [4.78, 5) is 4.97. The van der Waals surface area contributed by atoms with Gasteiger partial charge in [0.15, 0.2) is 17.8 Å². The van der Waals surface area contributed by atoms with Crippen molar-refractivity contribution >= 4 is 0 Å². The third kappa shape index (κ3) is 3.82. The topological polar surface area (TPSA) is 27.7 Å². The minimum Gasteiger partial charge on any atom is -0.464 e. The van der Waals surface area contributed by atoms with E-state index in [-0.39, 0.29) is 17.8 Å². The van der Waals surface area contributed by atoms with Crippen molar-refractivity contribution in [3.05, 3.63) is 54.1 Å². The summed E-state index contributed by atoms with van der Waals surface area (Å²) in [6, 6.07) is 7.30. The fraction of sp³-hybridized carbons (Fsp3) is 0.500. The first-order valence-corrected chi connectivity index (χ1v) is 9.26. The minimum absolute atomic E-state index is 0.262. The number of halogens is 1. The number of benzene rings is 1. The van der Waals surface area contributed by atoms with Crippen molar-refractivity contribution in [2.24, 2.45) is 0 Å². The number of dihydropyridines is 1. The molecule has 133 valence electrons. The van der Waals surface area contributed by atoms with E-state index in [0.29, 0.717) is 0 Å². The third-order valence-electron chi connectivity index (χ3n) is 5.30. The molecule has 1 radical (unpaired) electrons. The monoisotopic (exact) mass is 342 g/mol. The van der Waals surface area contributed by atoms with Crippen molar-refractivity contribution in [1.82, 2.24) is 15.1 Å². The van der Waals surface area contributed by atoms with Crippen LogP contribution in [0.1, 0.15) is 25.7 Å². The molecule has 2 aliphatic heterocycles. The quantitative estimate of drug-likeness (QED) is 0.911. The maximum Gasteiger partial charge on any atom is 0.191 e. The maximum atomic E-state index is 13.8. The molecule has 5 heteroatoms. The summed E-state index contributed by atoms with van der Waals surface area (Å²) in [5.74, 6) is 0.862. The second kappa shape index (κ2) is 7.48. The molecule has 1 saturated carbocycles. The Morgan fingerprint density at radius 1 is 1.08 bits per heavy atom. The molecule has 4 nitrogen and oxygen atoms in total. The van der Waals surface area contributed by atoms with Crippen LogP contribution in [0, 0.1) is 11.9 Å². The molecular formula is C20H25FN3O. The molecule has 1 aromatic rings. The normalized spacial score (nSPS) is 24.9. The van der Waals surface area contributed by atoms with Gasteiger partial charge < -0.3 is 15.0 Å². The van der Waals surface area contributed by atoms with Gasteiger partial charge in [-0.1, -0.05) is 18.6 Å². The van der Waals surface area contributed by atoms with Crippen molar-refractivity contribution in [1.29, 1.82) is 0 Å². The molecule has 2 heterocycles. The molecule has 1 aliphatic carbocycles. The molecular weight excluding hydrogens is 317 g/mol. The summed E-state index contributed by atoms with van der Waals surface area (Å²) in [5.41, 5.74) is 0. The Labute approximate surface area is 148 Å². The number of para-hydroxylation sites is 1. The van der Waals surface area contributed by atoms with Crippen LogP contribution in [0.25, 0.3) is 0 Å². The van der Waals surface area contributed by atoms with Gasteiger partial charge in [0.2, 0.25) is 0 Å². The maximum absolute atomic E-state index is 13.8. The fourth-order valence-electron chi connectivity index (χ4n) is 3.65. The molecule has 0 spiro atoms. The highest BCUT2D eigenvalue weighted by atomic mass is 19.1. The number of hydrogen-bond donors (Lipinski definition) is 1. The van der Waals surface area contributed by atoms with Crippen LogP contribution < -0.4 is 10.1 Å². The van der Waals surface area contributed by atoms with Crippen LogP contribution in [0.3, 0.4) is 0 Å². The van der Waals surface area contributed by atoms with Crippen LogP contribution in [0.4, 0.5) is 4.39 Å². The lowest BCUT2D eigenvalue weighted by atomic mass is 9.91. The van der Waals surface area contributed by atoms with E-state index in [1.807, 2.05) is 12.2 Å². The van der Waals surface area contributed by atoms with Gasteiger partial charge in [-0.05, 0) is 43.5 Å². The van der Waals surface area contributed by atoms with Gasteiger partial charge in [0.25, 0.3) is 0 Å². The highest BCUT2D eigenvalue weighted by Gasteiger charge is 2.27. The average molecular weight is 342 g/mol. The van der Waals surface area contributed by atoms with Crippen LogP contribution >= 0.6 is 0 Å². The Morgan fingerprint density at radius 2 is 1.96 bits per heavy atom. The zero-order valence-electron chi connectivity index (χ0n) is 14.5. The predicted octanol–water partition coefficient (Wildman–Crippen LogP) is 2.89. The smallest absolute Gasteiger partial charge is 0.191 e. The van der Waals surface area contributed by atoms with E-state index in [4.69, 9.17) is 4.74 Å². The van der Waals surface area contributed by atoms with E-state index in [1.54, 1.807) is 18.2 Å². The largest absolute Gasteiger partial charge is 0.464 e. The van der Waals surface area contributed by atoms with Gasteiger partial charge >= 0.3 is 0 Å².